The predicted octanol–water partition coefficient (Wildman–Crippen LogP) is 2.48. The van der Waals surface area contributed by atoms with E-state index in [1.165, 1.54) is 6.07 Å². The average molecular weight is 262 g/mol. The van der Waals surface area contributed by atoms with Gasteiger partial charge >= 0.3 is 0 Å². The maximum atomic E-state index is 13.5. The van der Waals surface area contributed by atoms with Crippen molar-refractivity contribution in [3.05, 3.63) is 29.0 Å². The van der Waals surface area contributed by atoms with E-state index in [2.05, 4.69) is 5.32 Å². The standard InChI is InChI=1S/C12H17ClFNO2/c1-9(8-15-6-7-16-2)17-11-5-3-4-10(13)12(11)14/h3-5,9,15H,6-8H2,1-2H3. The number of methoxy groups -OCH3 is 1. The van der Waals surface area contributed by atoms with Gasteiger partial charge < -0.3 is 14.8 Å². The molecule has 5 heteroatoms. The van der Waals surface area contributed by atoms with Crippen LogP contribution >= 0.6 is 11.6 Å². The van der Waals surface area contributed by atoms with Crippen molar-refractivity contribution >= 4 is 11.6 Å². The molecule has 0 spiro atoms. The van der Waals surface area contributed by atoms with Gasteiger partial charge in [-0.15, -0.1) is 0 Å². The van der Waals surface area contributed by atoms with Crippen molar-refractivity contribution in [1.29, 1.82) is 0 Å². The van der Waals surface area contributed by atoms with Gasteiger partial charge in [0.1, 0.15) is 6.10 Å². The van der Waals surface area contributed by atoms with E-state index in [0.717, 1.165) is 6.54 Å². The molecule has 0 fully saturated rings. The van der Waals surface area contributed by atoms with E-state index in [1.54, 1.807) is 19.2 Å². The molecule has 0 aliphatic carbocycles. The molecule has 17 heavy (non-hydrogen) atoms. The molecule has 0 aromatic heterocycles. The number of nitrogens with one attached hydrogen (secondary N) is 1. The largest absolute Gasteiger partial charge is 0.486 e. The molecule has 1 N–H and O–H groups in total. The number of rotatable bonds is 7. The van der Waals surface area contributed by atoms with Crippen LogP contribution < -0.4 is 10.1 Å². The van der Waals surface area contributed by atoms with E-state index in [-0.39, 0.29) is 16.9 Å². The summed E-state index contributed by atoms with van der Waals surface area (Å²) in [7, 11) is 1.64. The minimum Gasteiger partial charge on any atom is -0.486 e. The van der Waals surface area contributed by atoms with Gasteiger partial charge in [-0.3, -0.25) is 0 Å². The summed E-state index contributed by atoms with van der Waals surface area (Å²) in [5.41, 5.74) is 0. The van der Waals surface area contributed by atoms with Gasteiger partial charge in [-0.05, 0) is 19.1 Å². The summed E-state index contributed by atoms with van der Waals surface area (Å²) in [6.45, 7) is 3.86. The van der Waals surface area contributed by atoms with E-state index in [9.17, 15) is 4.39 Å². The summed E-state index contributed by atoms with van der Waals surface area (Å²) in [5.74, 6) is -0.337. The Morgan fingerprint density at radius 1 is 1.47 bits per heavy atom. The smallest absolute Gasteiger partial charge is 0.183 e. The Hall–Kier alpha value is -0.840. The molecule has 0 saturated heterocycles. The van der Waals surface area contributed by atoms with Gasteiger partial charge in [0.15, 0.2) is 11.6 Å². The second kappa shape index (κ2) is 7.48. The Balaban J connectivity index is 2.39. The molecule has 0 heterocycles. The average Bonchev–Trinajstić information content (AvgIpc) is 2.31. The molecule has 0 amide bonds. The van der Waals surface area contributed by atoms with Gasteiger partial charge in [0.2, 0.25) is 0 Å². The van der Waals surface area contributed by atoms with Gasteiger partial charge in [0, 0.05) is 20.2 Å². The zero-order valence-electron chi connectivity index (χ0n) is 10.0. The number of ether oxygens (including phenoxy) is 2. The quantitative estimate of drug-likeness (QED) is 0.765. The molecule has 0 aliphatic heterocycles. The molecule has 96 valence electrons. The van der Waals surface area contributed by atoms with Gasteiger partial charge in [-0.25, -0.2) is 4.39 Å². The molecular formula is C12H17ClFNO2. The number of halogens is 2. The highest BCUT2D eigenvalue weighted by molar-refractivity contribution is 6.30. The molecular weight excluding hydrogens is 245 g/mol. The third-order valence-corrected chi connectivity index (χ3v) is 2.45. The molecule has 0 saturated carbocycles. The molecule has 1 aromatic rings. The second-order valence-electron chi connectivity index (χ2n) is 3.68. The van der Waals surface area contributed by atoms with Crippen molar-refractivity contribution in [3.63, 3.8) is 0 Å². The van der Waals surface area contributed by atoms with E-state index >= 15 is 0 Å². The van der Waals surface area contributed by atoms with Crippen molar-refractivity contribution in [2.75, 3.05) is 26.8 Å². The fourth-order valence-corrected chi connectivity index (χ4v) is 1.48. The molecule has 3 nitrogen and oxygen atoms in total. The topological polar surface area (TPSA) is 30.5 Å². The lowest BCUT2D eigenvalue weighted by Gasteiger charge is -2.16. The third-order valence-electron chi connectivity index (χ3n) is 2.16. The fraction of sp³-hybridized carbons (Fsp3) is 0.500. The molecule has 1 unspecified atom stereocenters. The van der Waals surface area contributed by atoms with Crippen LogP contribution in [0.1, 0.15) is 6.92 Å². The predicted molar refractivity (Wildman–Crippen MR) is 66.2 cm³/mol. The van der Waals surface area contributed by atoms with Crippen LogP contribution in [0.4, 0.5) is 4.39 Å². The fourth-order valence-electron chi connectivity index (χ4n) is 1.31. The SMILES string of the molecule is COCCNCC(C)Oc1cccc(Cl)c1F. The van der Waals surface area contributed by atoms with Crippen molar-refractivity contribution < 1.29 is 13.9 Å². The Morgan fingerprint density at radius 2 is 2.24 bits per heavy atom. The summed E-state index contributed by atoms with van der Waals surface area (Å²) >= 11 is 5.66. The van der Waals surface area contributed by atoms with Crippen molar-refractivity contribution in [1.82, 2.24) is 5.32 Å². The minimum atomic E-state index is -0.516. The first-order valence-corrected chi connectivity index (χ1v) is 5.83. The monoisotopic (exact) mass is 261 g/mol. The van der Waals surface area contributed by atoms with Gasteiger partial charge in [0.25, 0.3) is 0 Å². The van der Waals surface area contributed by atoms with Crippen LogP contribution in [0.5, 0.6) is 5.75 Å². The summed E-state index contributed by atoms with van der Waals surface area (Å²) in [5, 5.41) is 3.21. The summed E-state index contributed by atoms with van der Waals surface area (Å²) in [6.07, 6.45) is -0.139. The maximum Gasteiger partial charge on any atom is 0.183 e. The van der Waals surface area contributed by atoms with Gasteiger partial charge in [-0.1, -0.05) is 17.7 Å². The molecule has 0 radical (unpaired) electrons. The first kappa shape index (κ1) is 14.2. The van der Waals surface area contributed by atoms with E-state index in [0.29, 0.717) is 13.2 Å². The third kappa shape index (κ3) is 4.89. The van der Waals surface area contributed by atoms with Crippen LogP contribution in [-0.2, 0) is 4.74 Å². The number of benzene rings is 1. The lowest BCUT2D eigenvalue weighted by atomic mass is 10.3. The highest BCUT2D eigenvalue weighted by Gasteiger charge is 2.10. The Morgan fingerprint density at radius 3 is 2.94 bits per heavy atom. The Labute approximate surface area is 106 Å². The number of hydrogen-bond acceptors (Lipinski definition) is 3. The highest BCUT2D eigenvalue weighted by atomic mass is 35.5. The minimum absolute atomic E-state index is 0.0713. The van der Waals surface area contributed by atoms with Crippen LogP contribution in [0, 0.1) is 5.82 Å². The van der Waals surface area contributed by atoms with Gasteiger partial charge in [-0.2, -0.15) is 0 Å². The lowest BCUT2D eigenvalue weighted by molar-refractivity contribution is 0.181. The summed E-state index contributed by atoms with van der Waals surface area (Å²) < 4.78 is 23.8. The van der Waals surface area contributed by atoms with Gasteiger partial charge in [0.05, 0.1) is 11.6 Å². The molecule has 0 bridgehead atoms. The molecule has 1 aromatic carbocycles. The first-order valence-electron chi connectivity index (χ1n) is 5.45. The first-order chi connectivity index (χ1) is 8.15. The van der Waals surface area contributed by atoms with Crippen molar-refractivity contribution in [2.45, 2.75) is 13.0 Å². The lowest BCUT2D eigenvalue weighted by Crippen LogP contribution is -2.31. The normalized spacial score (nSPS) is 12.5. The van der Waals surface area contributed by atoms with Crippen LogP contribution in [-0.4, -0.2) is 32.9 Å². The van der Waals surface area contributed by atoms with Crippen LogP contribution in [0.2, 0.25) is 5.02 Å². The Bertz CT molecular complexity index is 349. The molecule has 1 rings (SSSR count). The molecule has 0 aliphatic rings. The summed E-state index contributed by atoms with van der Waals surface area (Å²) in [4.78, 5) is 0. The van der Waals surface area contributed by atoms with Crippen LogP contribution in [0.25, 0.3) is 0 Å². The second-order valence-corrected chi connectivity index (χ2v) is 4.08. The van der Waals surface area contributed by atoms with Crippen molar-refractivity contribution in [2.24, 2.45) is 0 Å². The van der Waals surface area contributed by atoms with Crippen LogP contribution in [0.3, 0.4) is 0 Å². The molecule has 1 atom stereocenters. The highest BCUT2D eigenvalue weighted by Crippen LogP contribution is 2.24. The number of hydrogen-bond donors (Lipinski definition) is 1. The zero-order chi connectivity index (χ0) is 12.7. The Kier molecular flexibility index (Phi) is 6.26. The van der Waals surface area contributed by atoms with Crippen LogP contribution in [0.15, 0.2) is 18.2 Å². The van der Waals surface area contributed by atoms with E-state index in [1.807, 2.05) is 6.92 Å². The van der Waals surface area contributed by atoms with E-state index in [4.69, 9.17) is 21.1 Å². The van der Waals surface area contributed by atoms with E-state index < -0.39 is 5.82 Å². The maximum absolute atomic E-state index is 13.5. The zero-order valence-corrected chi connectivity index (χ0v) is 10.8. The van der Waals surface area contributed by atoms with Crippen molar-refractivity contribution in [3.8, 4) is 5.75 Å². The summed E-state index contributed by atoms with van der Waals surface area (Å²) in [6, 6.07) is 4.71.